The molecule has 150 valence electrons. The zero-order valence-electron chi connectivity index (χ0n) is 16.2. The highest BCUT2D eigenvalue weighted by Gasteiger charge is 2.17. The predicted octanol–water partition coefficient (Wildman–Crippen LogP) is 4.60. The van der Waals surface area contributed by atoms with Gasteiger partial charge < -0.3 is 5.32 Å². The number of hydrogen-bond acceptors (Lipinski definition) is 4. The van der Waals surface area contributed by atoms with Crippen LogP contribution in [0.3, 0.4) is 0 Å². The Morgan fingerprint density at radius 2 is 1.63 bits per heavy atom. The van der Waals surface area contributed by atoms with Gasteiger partial charge in [-0.15, -0.1) is 0 Å². The Labute approximate surface area is 174 Å². The zero-order valence-corrected chi connectivity index (χ0v) is 17.0. The molecular weight excluding hydrogens is 398 g/mol. The van der Waals surface area contributed by atoms with E-state index >= 15 is 0 Å². The molecule has 30 heavy (non-hydrogen) atoms. The fraction of sp³-hybridized carbons (Fsp3) is 0.0435. The van der Waals surface area contributed by atoms with Crippen molar-refractivity contribution >= 4 is 38.2 Å². The molecule has 0 atom stereocenters. The van der Waals surface area contributed by atoms with Crippen LogP contribution in [0.25, 0.3) is 10.9 Å². The van der Waals surface area contributed by atoms with Gasteiger partial charge in [0.05, 0.1) is 22.3 Å². The molecule has 6 nitrogen and oxygen atoms in total. The Bertz CT molecular complexity index is 1330. The van der Waals surface area contributed by atoms with Crippen LogP contribution in [0.4, 0.5) is 11.4 Å². The van der Waals surface area contributed by atoms with Gasteiger partial charge in [-0.1, -0.05) is 42.0 Å². The number of para-hydroxylation sites is 1. The van der Waals surface area contributed by atoms with Crippen LogP contribution >= 0.6 is 0 Å². The molecule has 0 unspecified atom stereocenters. The first-order valence-corrected chi connectivity index (χ1v) is 10.7. The van der Waals surface area contributed by atoms with E-state index in [0.29, 0.717) is 11.4 Å². The van der Waals surface area contributed by atoms with E-state index in [1.165, 1.54) is 18.2 Å². The van der Waals surface area contributed by atoms with E-state index in [2.05, 4.69) is 15.0 Å². The average molecular weight is 417 g/mol. The number of carbonyl (C=O) groups excluding carboxylic acids is 1. The summed E-state index contributed by atoms with van der Waals surface area (Å²) in [6.07, 6.45) is 1.57. The Kier molecular flexibility index (Phi) is 5.20. The summed E-state index contributed by atoms with van der Waals surface area (Å²) in [6.45, 7) is 1.92. The third kappa shape index (κ3) is 4.31. The van der Waals surface area contributed by atoms with Gasteiger partial charge >= 0.3 is 0 Å². The molecule has 0 aliphatic rings. The molecule has 0 saturated heterocycles. The molecule has 0 fully saturated rings. The number of pyridine rings is 1. The number of carbonyl (C=O) groups is 1. The first-order valence-electron chi connectivity index (χ1n) is 9.26. The van der Waals surface area contributed by atoms with Gasteiger partial charge in [0.25, 0.3) is 15.9 Å². The zero-order chi connectivity index (χ0) is 21.1. The van der Waals surface area contributed by atoms with Crippen LogP contribution in [0, 0.1) is 6.92 Å². The molecular formula is C23H19N3O3S. The molecule has 4 aromatic rings. The molecule has 4 rings (SSSR count). The van der Waals surface area contributed by atoms with Gasteiger partial charge in [0, 0.05) is 16.6 Å². The number of hydrogen-bond donors (Lipinski definition) is 2. The lowest BCUT2D eigenvalue weighted by molar-refractivity contribution is 0.102. The summed E-state index contributed by atoms with van der Waals surface area (Å²) in [6, 6.07) is 22.3. The van der Waals surface area contributed by atoms with Crippen LogP contribution in [-0.2, 0) is 10.0 Å². The lowest BCUT2D eigenvalue weighted by atomic mass is 10.2. The molecule has 0 aliphatic heterocycles. The summed E-state index contributed by atoms with van der Waals surface area (Å²) in [5.41, 5.74) is 3.07. The van der Waals surface area contributed by atoms with Crippen molar-refractivity contribution in [2.24, 2.45) is 0 Å². The van der Waals surface area contributed by atoms with Crippen LogP contribution in [0.15, 0.2) is 90.0 Å². The van der Waals surface area contributed by atoms with Crippen molar-refractivity contribution in [2.75, 3.05) is 10.0 Å². The quantitative estimate of drug-likeness (QED) is 0.497. The maximum atomic E-state index is 12.7. The average Bonchev–Trinajstić information content (AvgIpc) is 2.75. The lowest BCUT2D eigenvalue weighted by Crippen LogP contribution is -2.16. The van der Waals surface area contributed by atoms with Crippen LogP contribution in [0.1, 0.15) is 15.9 Å². The van der Waals surface area contributed by atoms with Crippen molar-refractivity contribution in [1.82, 2.24) is 4.98 Å². The summed E-state index contributed by atoms with van der Waals surface area (Å²) in [5, 5.41) is 3.67. The molecule has 1 amide bonds. The van der Waals surface area contributed by atoms with Crippen molar-refractivity contribution in [2.45, 2.75) is 11.8 Å². The summed E-state index contributed by atoms with van der Waals surface area (Å²) in [5.74, 6) is -0.417. The van der Waals surface area contributed by atoms with Gasteiger partial charge in [0.2, 0.25) is 0 Å². The van der Waals surface area contributed by atoms with E-state index in [1.54, 1.807) is 24.4 Å². The molecule has 2 N–H and O–H groups in total. The highest BCUT2D eigenvalue weighted by atomic mass is 32.2. The van der Waals surface area contributed by atoms with Crippen molar-refractivity contribution in [3.63, 3.8) is 0 Å². The lowest BCUT2D eigenvalue weighted by Gasteiger charge is -2.10. The highest BCUT2D eigenvalue weighted by molar-refractivity contribution is 7.92. The SMILES string of the molecule is Cc1ccc(NS(=O)(=O)c2cccc(C(=O)Nc3cnc4ccccc4c3)c2)cc1. The Morgan fingerprint density at radius 1 is 0.867 bits per heavy atom. The molecule has 0 bridgehead atoms. The standard InChI is InChI=1S/C23H19N3O3S/c1-16-9-11-19(12-10-16)26-30(28,29)21-7-4-6-18(14-21)23(27)25-20-13-17-5-2-3-8-22(17)24-15-20/h2-15,26H,1H3,(H,25,27). The molecule has 0 aliphatic carbocycles. The number of nitrogens with one attached hydrogen (secondary N) is 2. The summed E-state index contributed by atoms with van der Waals surface area (Å²) >= 11 is 0. The molecule has 7 heteroatoms. The number of sulfonamides is 1. The molecule has 1 aromatic heterocycles. The van der Waals surface area contributed by atoms with E-state index in [0.717, 1.165) is 16.5 Å². The number of aryl methyl sites for hydroxylation is 1. The largest absolute Gasteiger partial charge is 0.321 e. The van der Waals surface area contributed by atoms with E-state index in [4.69, 9.17) is 0 Å². The van der Waals surface area contributed by atoms with Crippen LogP contribution in [0.2, 0.25) is 0 Å². The number of aromatic nitrogens is 1. The Balaban J connectivity index is 1.55. The van der Waals surface area contributed by atoms with E-state index in [1.807, 2.05) is 49.4 Å². The van der Waals surface area contributed by atoms with Gasteiger partial charge in [-0.25, -0.2) is 8.42 Å². The highest BCUT2D eigenvalue weighted by Crippen LogP contribution is 2.20. The first kappa shape index (κ1) is 19.6. The number of amides is 1. The minimum Gasteiger partial charge on any atom is -0.321 e. The normalized spacial score (nSPS) is 11.2. The van der Waals surface area contributed by atoms with Crippen LogP contribution < -0.4 is 10.0 Å². The maximum absolute atomic E-state index is 12.7. The topological polar surface area (TPSA) is 88.2 Å². The van der Waals surface area contributed by atoms with E-state index in [-0.39, 0.29) is 10.5 Å². The van der Waals surface area contributed by atoms with Crippen LogP contribution in [-0.4, -0.2) is 19.3 Å². The molecule has 0 radical (unpaired) electrons. The number of fused-ring (bicyclic) bond motifs is 1. The van der Waals surface area contributed by atoms with Gasteiger partial charge in [0.1, 0.15) is 0 Å². The molecule has 0 spiro atoms. The van der Waals surface area contributed by atoms with Crippen molar-refractivity contribution in [3.8, 4) is 0 Å². The summed E-state index contributed by atoms with van der Waals surface area (Å²) < 4.78 is 28.0. The van der Waals surface area contributed by atoms with Gasteiger partial charge in [-0.2, -0.15) is 0 Å². The molecule has 0 saturated carbocycles. The predicted molar refractivity (Wildman–Crippen MR) is 118 cm³/mol. The Hall–Kier alpha value is -3.71. The van der Waals surface area contributed by atoms with E-state index < -0.39 is 15.9 Å². The van der Waals surface area contributed by atoms with Gasteiger partial charge in [0.15, 0.2) is 0 Å². The second kappa shape index (κ2) is 7.96. The van der Waals surface area contributed by atoms with Gasteiger partial charge in [-0.05, 0) is 49.4 Å². The smallest absolute Gasteiger partial charge is 0.261 e. The second-order valence-corrected chi connectivity index (χ2v) is 8.55. The van der Waals surface area contributed by atoms with Crippen molar-refractivity contribution in [1.29, 1.82) is 0 Å². The van der Waals surface area contributed by atoms with Crippen LogP contribution in [0.5, 0.6) is 0 Å². The van der Waals surface area contributed by atoms with Crippen molar-refractivity contribution in [3.05, 3.63) is 96.2 Å². The third-order valence-corrected chi connectivity index (χ3v) is 5.94. The maximum Gasteiger partial charge on any atom is 0.261 e. The Morgan fingerprint density at radius 3 is 2.43 bits per heavy atom. The fourth-order valence-electron chi connectivity index (χ4n) is 2.98. The van der Waals surface area contributed by atoms with Crippen molar-refractivity contribution < 1.29 is 13.2 Å². The first-order chi connectivity index (χ1) is 14.4. The monoisotopic (exact) mass is 417 g/mol. The minimum atomic E-state index is -3.83. The number of anilines is 2. The number of nitrogens with zero attached hydrogens (tertiary/aromatic N) is 1. The number of benzene rings is 3. The molecule has 1 heterocycles. The second-order valence-electron chi connectivity index (χ2n) is 6.87. The fourth-order valence-corrected chi connectivity index (χ4v) is 4.09. The minimum absolute atomic E-state index is 0.00682. The number of rotatable bonds is 5. The summed E-state index contributed by atoms with van der Waals surface area (Å²) in [4.78, 5) is 17.0. The van der Waals surface area contributed by atoms with Gasteiger partial charge in [-0.3, -0.25) is 14.5 Å². The third-order valence-electron chi connectivity index (χ3n) is 4.56. The van der Waals surface area contributed by atoms with E-state index in [9.17, 15) is 13.2 Å². The summed E-state index contributed by atoms with van der Waals surface area (Å²) in [7, 11) is -3.83. The molecule has 3 aromatic carbocycles.